The third kappa shape index (κ3) is 4.22. The number of likely N-dealkylation sites (N-methyl/N-ethyl adjacent to an activating group) is 1. The van der Waals surface area contributed by atoms with Crippen LogP contribution in [0.15, 0.2) is 0 Å². The molecule has 1 atom stereocenters. The van der Waals surface area contributed by atoms with Crippen molar-refractivity contribution in [2.45, 2.75) is 45.1 Å². The lowest BCUT2D eigenvalue weighted by molar-refractivity contribution is 0.0906. The smallest absolute Gasteiger partial charge is 0.0218 e. The summed E-state index contributed by atoms with van der Waals surface area (Å²) >= 11 is 0. The van der Waals surface area contributed by atoms with E-state index in [-0.39, 0.29) is 0 Å². The number of nitrogens with one attached hydrogen (secondary N) is 1. The summed E-state index contributed by atoms with van der Waals surface area (Å²) in [5, 5.41) is 3.46. The summed E-state index contributed by atoms with van der Waals surface area (Å²) in [4.78, 5) is 5.22. The Balaban J connectivity index is 1.61. The van der Waals surface area contributed by atoms with Gasteiger partial charge in [0.05, 0.1) is 0 Å². The first kappa shape index (κ1) is 14.3. The van der Waals surface area contributed by atoms with Gasteiger partial charge in [-0.1, -0.05) is 6.92 Å². The lowest BCUT2D eigenvalue weighted by Gasteiger charge is -2.39. The minimum absolute atomic E-state index is 0.789. The van der Waals surface area contributed by atoms with Gasteiger partial charge in [0, 0.05) is 25.7 Å². The molecule has 2 heterocycles. The maximum absolute atomic E-state index is 3.46. The van der Waals surface area contributed by atoms with E-state index in [1.165, 1.54) is 71.4 Å². The van der Waals surface area contributed by atoms with Crippen LogP contribution in [0, 0.1) is 5.92 Å². The van der Waals surface area contributed by atoms with Crippen LogP contribution in [0.2, 0.25) is 0 Å². The standard InChI is InChI=1S/C15H31N3/c1-3-15-13-18(12-11-17(15)2)10-4-5-14-6-8-16-9-7-14/h14-16H,3-13H2,1-2H3. The van der Waals surface area contributed by atoms with Crippen molar-refractivity contribution in [2.24, 2.45) is 5.92 Å². The van der Waals surface area contributed by atoms with E-state index in [0.29, 0.717) is 0 Å². The van der Waals surface area contributed by atoms with Crippen LogP contribution < -0.4 is 5.32 Å². The number of nitrogens with zero attached hydrogens (tertiary/aromatic N) is 2. The van der Waals surface area contributed by atoms with E-state index >= 15 is 0 Å². The summed E-state index contributed by atoms with van der Waals surface area (Å²) in [6.07, 6.45) is 6.96. The largest absolute Gasteiger partial charge is 0.317 e. The Hall–Kier alpha value is -0.120. The molecule has 0 amide bonds. The molecule has 3 nitrogen and oxygen atoms in total. The highest BCUT2D eigenvalue weighted by Gasteiger charge is 2.22. The molecule has 3 heteroatoms. The first-order valence-corrected chi connectivity index (χ1v) is 7.93. The van der Waals surface area contributed by atoms with Gasteiger partial charge in [-0.2, -0.15) is 0 Å². The van der Waals surface area contributed by atoms with E-state index in [1.54, 1.807) is 0 Å². The van der Waals surface area contributed by atoms with Crippen molar-refractivity contribution in [3.63, 3.8) is 0 Å². The second-order valence-electron chi connectivity index (χ2n) is 6.18. The Morgan fingerprint density at radius 1 is 1.17 bits per heavy atom. The first-order valence-electron chi connectivity index (χ1n) is 7.93. The molecular weight excluding hydrogens is 222 g/mol. The molecule has 0 bridgehead atoms. The van der Waals surface area contributed by atoms with Crippen molar-refractivity contribution in [3.8, 4) is 0 Å². The average molecular weight is 253 g/mol. The SMILES string of the molecule is CCC1CN(CCCC2CCNCC2)CCN1C. The third-order valence-corrected chi connectivity index (χ3v) is 4.88. The number of hydrogen-bond acceptors (Lipinski definition) is 3. The van der Waals surface area contributed by atoms with Crippen LogP contribution in [0.5, 0.6) is 0 Å². The molecule has 1 N–H and O–H groups in total. The average Bonchev–Trinajstić information content (AvgIpc) is 2.42. The Labute approximate surface area is 113 Å². The van der Waals surface area contributed by atoms with Crippen molar-refractivity contribution in [1.82, 2.24) is 15.1 Å². The Morgan fingerprint density at radius 3 is 2.67 bits per heavy atom. The molecule has 2 fully saturated rings. The number of hydrogen-bond donors (Lipinski definition) is 1. The molecule has 0 spiro atoms. The van der Waals surface area contributed by atoms with Gasteiger partial charge >= 0.3 is 0 Å². The van der Waals surface area contributed by atoms with Crippen LogP contribution in [0.25, 0.3) is 0 Å². The third-order valence-electron chi connectivity index (χ3n) is 4.88. The van der Waals surface area contributed by atoms with E-state index in [9.17, 15) is 0 Å². The van der Waals surface area contributed by atoms with E-state index in [1.807, 2.05) is 0 Å². The minimum atomic E-state index is 0.789. The molecule has 0 aromatic heterocycles. The second-order valence-corrected chi connectivity index (χ2v) is 6.18. The van der Waals surface area contributed by atoms with E-state index in [0.717, 1.165) is 12.0 Å². The van der Waals surface area contributed by atoms with Gasteiger partial charge in [-0.05, 0) is 64.7 Å². The highest BCUT2D eigenvalue weighted by atomic mass is 15.3. The van der Waals surface area contributed by atoms with Crippen molar-refractivity contribution < 1.29 is 0 Å². The molecule has 2 aliphatic heterocycles. The Kier molecular flexibility index (Phi) is 5.93. The summed E-state index contributed by atoms with van der Waals surface area (Å²) in [5.41, 5.74) is 0. The number of rotatable bonds is 5. The fourth-order valence-corrected chi connectivity index (χ4v) is 3.43. The molecule has 0 radical (unpaired) electrons. The van der Waals surface area contributed by atoms with Gasteiger partial charge in [0.15, 0.2) is 0 Å². The summed E-state index contributed by atoms with van der Waals surface area (Å²) < 4.78 is 0. The normalized spacial score (nSPS) is 28.7. The molecule has 2 rings (SSSR count). The van der Waals surface area contributed by atoms with Crippen LogP contribution in [0.1, 0.15) is 39.0 Å². The second kappa shape index (κ2) is 7.46. The van der Waals surface area contributed by atoms with Crippen LogP contribution in [0.4, 0.5) is 0 Å². The Bertz CT molecular complexity index is 226. The van der Waals surface area contributed by atoms with Crippen molar-refractivity contribution in [1.29, 1.82) is 0 Å². The van der Waals surface area contributed by atoms with Gasteiger partial charge in [0.25, 0.3) is 0 Å². The van der Waals surface area contributed by atoms with Gasteiger partial charge in [0.1, 0.15) is 0 Å². The van der Waals surface area contributed by atoms with Crippen molar-refractivity contribution >= 4 is 0 Å². The maximum atomic E-state index is 3.46. The topological polar surface area (TPSA) is 18.5 Å². The highest BCUT2D eigenvalue weighted by Crippen LogP contribution is 2.18. The van der Waals surface area contributed by atoms with E-state index < -0.39 is 0 Å². The van der Waals surface area contributed by atoms with E-state index in [4.69, 9.17) is 0 Å². The zero-order valence-corrected chi connectivity index (χ0v) is 12.3. The fourth-order valence-electron chi connectivity index (χ4n) is 3.43. The molecule has 18 heavy (non-hydrogen) atoms. The monoisotopic (exact) mass is 253 g/mol. The molecular formula is C15H31N3. The summed E-state index contributed by atoms with van der Waals surface area (Å²) in [6, 6.07) is 0.789. The van der Waals surface area contributed by atoms with Crippen LogP contribution in [-0.4, -0.2) is 62.2 Å². The molecule has 2 aliphatic rings. The zero-order chi connectivity index (χ0) is 12.8. The molecule has 0 aliphatic carbocycles. The summed E-state index contributed by atoms with van der Waals surface area (Å²) in [6.45, 7) is 9.96. The Morgan fingerprint density at radius 2 is 1.94 bits per heavy atom. The van der Waals surface area contributed by atoms with Gasteiger partial charge in [-0.3, -0.25) is 0 Å². The minimum Gasteiger partial charge on any atom is -0.317 e. The van der Waals surface area contributed by atoms with E-state index in [2.05, 4.69) is 29.1 Å². The molecule has 1 unspecified atom stereocenters. The molecule has 0 aromatic rings. The lowest BCUT2D eigenvalue weighted by atomic mass is 9.93. The molecule has 2 saturated heterocycles. The van der Waals surface area contributed by atoms with Gasteiger partial charge < -0.3 is 15.1 Å². The molecule has 0 aromatic carbocycles. The first-order chi connectivity index (χ1) is 8.79. The van der Waals surface area contributed by atoms with Gasteiger partial charge in [0.2, 0.25) is 0 Å². The maximum Gasteiger partial charge on any atom is 0.0218 e. The molecule has 0 saturated carbocycles. The summed E-state index contributed by atoms with van der Waals surface area (Å²) in [7, 11) is 2.28. The number of piperidine rings is 1. The van der Waals surface area contributed by atoms with Crippen LogP contribution >= 0.6 is 0 Å². The summed E-state index contributed by atoms with van der Waals surface area (Å²) in [5.74, 6) is 1.00. The van der Waals surface area contributed by atoms with Crippen LogP contribution in [0.3, 0.4) is 0 Å². The quantitative estimate of drug-likeness (QED) is 0.806. The highest BCUT2D eigenvalue weighted by molar-refractivity contribution is 4.79. The predicted molar refractivity (Wildman–Crippen MR) is 78.0 cm³/mol. The van der Waals surface area contributed by atoms with Gasteiger partial charge in [-0.15, -0.1) is 0 Å². The molecule has 106 valence electrons. The van der Waals surface area contributed by atoms with Crippen LogP contribution in [-0.2, 0) is 0 Å². The van der Waals surface area contributed by atoms with Crippen molar-refractivity contribution in [2.75, 3.05) is 46.3 Å². The van der Waals surface area contributed by atoms with Gasteiger partial charge in [-0.25, -0.2) is 0 Å². The number of piperazine rings is 1. The lowest BCUT2D eigenvalue weighted by Crippen LogP contribution is -2.51. The van der Waals surface area contributed by atoms with Crippen molar-refractivity contribution in [3.05, 3.63) is 0 Å². The fraction of sp³-hybridized carbons (Fsp3) is 1.00. The predicted octanol–water partition coefficient (Wildman–Crippen LogP) is 1.79. The zero-order valence-electron chi connectivity index (χ0n) is 12.3.